The van der Waals surface area contributed by atoms with Crippen LogP contribution in [0.5, 0.6) is 5.75 Å². The molecular weight excluding hydrogens is 306 g/mol. The zero-order valence-electron chi connectivity index (χ0n) is 14.0. The molecule has 2 aromatic rings. The van der Waals surface area contributed by atoms with Gasteiger partial charge in [0.05, 0.1) is 0 Å². The van der Waals surface area contributed by atoms with Crippen LogP contribution in [0.1, 0.15) is 28.4 Å². The van der Waals surface area contributed by atoms with Crippen molar-refractivity contribution in [2.75, 3.05) is 7.05 Å². The van der Waals surface area contributed by atoms with E-state index in [1.165, 1.54) is 24.0 Å². The first-order valence-electron chi connectivity index (χ1n) is 7.68. The lowest BCUT2D eigenvalue weighted by Crippen LogP contribution is -2.37. The van der Waals surface area contributed by atoms with Gasteiger partial charge in [0, 0.05) is 13.6 Å². The van der Waals surface area contributed by atoms with E-state index in [-0.39, 0.29) is 17.2 Å². The summed E-state index contributed by atoms with van der Waals surface area (Å²) < 4.78 is 5.19. The summed E-state index contributed by atoms with van der Waals surface area (Å²) in [7, 11) is 1.66. The number of aryl methyl sites for hydroxylation is 1. The first-order chi connectivity index (χ1) is 11.4. The van der Waals surface area contributed by atoms with E-state index in [4.69, 9.17) is 4.74 Å². The minimum atomic E-state index is -0.938. The molecule has 0 radical (unpaired) electrons. The molecule has 0 spiro atoms. The Bertz CT molecular complexity index is 727. The van der Waals surface area contributed by atoms with Crippen molar-refractivity contribution in [2.45, 2.75) is 26.5 Å². The van der Waals surface area contributed by atoms with E-state index in [9.17, 15) is 14.7 Å². The minimum Gasteiger partial charge on any atom is -0.507 e. The summed E-state index contributed by atoms with van der Waals surface area (Å²) in [6.45, 7) is 3.75. The van der Waals surface area contributed by atoms with E-state index >= 15 is 0 Å². The van der Waals surface area contributed by atoms with E-state index in [1.807, 2.05) is 30.3 Å². The topological polar surface area (TPSA) is 66.8 Å². The van der Waals surface area contributed by atoms with Crippen molar-refractivity contribution < 1.29 is 19.4 Å². The smallest absolute Gasteiger partial charge is 0.342 e. The number of carbonyl (C=O) groups excluding carboxylic acids is 2. The molecule has 1 amide bonds. The second-order valence-electron chi connectivity index (χ2n) is 5.75. The quantitative estimate of drug-likeness (QED) is 0.858. The molecule has 0 aliphatic heterocycles. The average molecular weight is 327 g/mol. The van der Waals surface area contributed by atoms with Crippen molar-refractivity contribution in [1.82, 2.24) is 4.90 Å². The zero-order chi connectivity index (χ0) is 17.7. The summed E-state index contributed by atoms with van der Waals surface area (Å²) in [6, 6.07) is 14.2. The van der Waals surface area contributed by atoms with Crippen molar-refractivity contribution in [3.63, 3.8) is 0 Å². The van der Waals surface area contributed by atoms with Crippen LogP contribution < -0.4 is 0 Å². The van der Waals surface area contributed by atoms with E-state index in [0.717, 1.165) is 11.1 Å². The fourth-order valence-electron chi connectivity index (χ4n) is 2.33. The normalized spacial score (nSPS) is 11.6. The number of amides is 1. The van der Waals surface area contributed by atoms with Gasteiger partial charge >= 0.3 is 5.97 Å². The van der Waals surface area contributed by atoms with Crippen LogP contribution in [0.25, 0.3) is 0 Å². The molecule has 0 heterocycles. The standard InChI is InChI=1S/C19H21NO4/c1-13-9-10-16(17(21)11-13)19(23)24-14(2)18(22)20(3)12-15-7-5-4-6-8-15/h4-11,14,21H,12H2,1-3H3/t14-/m1/s1. The van der Waals surface area contributed by atoms with Crippen LogP contribution in [0.2, 0.25) is 0 Å². The minimum absolute atomic E-state index is 0.0472. The number of rotatable bonds is 5. The molecule has 2 rings (SSSR count). The van der Waals surface area contributed by atoms with Crippen LogP contribution in [0.15, 0.2) is 48.5 Å². The van der Waals surface area contributed by atoms with E-state index in [1.54, 1.807) is 20.0 Å². The average Bonchev–Trinajstić information content (AvgIpc) is 2.54. The lowest BCUT2D eigenvalue weighted by molar-refractivity contribution is -0.139. The summed E-state index contributed by atoms with van der Waals surface area (Å²) >= 11 is 0. The fourth-order valence-corrected chi connectivity index (χ4v) is 2.33. The highest BCUT2D eigenvalue weighted by Gasteiger charge is 2.23. The number of phenols is 1. The number of nitrogens with zero attached hydrogens (tertiary/aromatic N) is 1. The van der Waals surface area contributed by atoms with E-state index in [0.29, 0.717) is 6.54 Å². The van der Waals surface area contributed by atoms with Crippen LogP contribution in [0.3, 0.4) is 0 Å². The van der Waals surface area contributed by atoms with Gasteiger partial charge in [-0.05, 0) is 37.1 Å². The predicted octanol–water partition coefficient (Wildman–Crippen LogP) is 2.90. The number of aromatic hydroxyl groups is 1. The van der Waals surface area contributed by atoms with Crippen LogP contribution in [0.4, 0.5) is 0 Å². The maximum Gasteiger partial charge on any atom is 0.342 e. The Morgan fingerprint density at radius 2 is 1.83 bits per heavy atom. The van der Waals surface area contributed by atoms with Crippen LogP contribution in [-0.2, 0) is 16.1 Å². The number of esters is 1. The Morgan fingerprint density at radius 1 is 1.17 bits per heavy atom. The van der Waals surface area contributed by atoms with Gasteiger partial charge in [-0.25, -0.2) is 4.79 Å². The molecule has 1 N–H and O–H groups in total. The van der Waals surface area contributed by atoms with Gasteiger partial charge < -0.3 is 14.7 Å². The number of ether oxygens (including phenoxy) is 1. The SMILES string of the molecule is Cc1ccc(C(=O)O[C@H](C)C(=O)N(C)Cc2ccccc2)c(O)c1. The molecule has 0 saturated carbocycles. The number of hydrogen-bond acceptors (Lipinski definition) is 4. The second kappa shape index (κ2) is 7.64. The number of phenolic OH excluding ortho intramolecular Hbond substituents is 1. The lowest BCUT2D eigenvalue weighted by Gasteiger charge is -2.21. The molecule has 0 aromatic heterocycles. The number of benzene rings is 2. The van der Waals surface area contributed by atoms with Gasteiger partial charge in [0.25, 0.3) is 5.91 Å². The highest BCUT2D eigenvalue weighted by molar-refractivity contribution is 5.94. The molecule has 5 nitrogen and oxygen atoms in total. The molecule has 0 fully saturated rings. The van der Waals surface area contributed by atoms with E-state index in [2.05, 4.69) is 0 Å². The molecule has 2 aromatic carbocycles. The van der Waals surface area contributed by atoms with Crippen LogP contribution in [0, 0.1) is 6.92 Å². The Labute approximate surface area is 141 Å². The summed E-state index contributed by atoms with van der Waals surface area (Å²) in [5.74, 6) is -1.18. The van der Waals surface area contributed by atoms with E-state index < -0.39 is 12.1 Å². The first kappa shape index (κ1) is 17.5. The van der Waals surface area contributed by atoms with Crippen molar-refractivity contribution in [3.05, 3.63) is 65.2 Å². The van der Waals surface area contributed by atoms with Crippen LogP contribution >= 0.6 is 0 Å². The third-order valence-electron chi connectivity index (χ3n) is 3.64. The lowest BCUT2D eigenvalue weighted by atomic mass is 10.1. The molecule has 1 atom stereocenters. The first-order valence-corrected chi connectivity index (χ1v) is 7.68. The molecule has 0 bridgehead atoms. The molecule has 24 heavy (non-hydrogen) atoms. The largest absolute Gasteiger partial charge is 0.507 e. The Balaban J connectivity index is 1.99. The monoisotopic (exact) mass is 327 g/mol. The molecule has 0 saturated heterocycles. The molecule has 0 unspecified atom stereocenters. The fraction of sp³-hybridized carbons (Fsp3) is 0.263. The zero-order valence-corrected chi connectivity index (χ0v) is 14.0. The summed E-state index contributed by atoms with van der Waals surface area (Å²) in [5, 5.41) is 9.82. The van der Waals surface area contributed by atoms with Gasteiger partial charge in [-0.15, -0.1) is 0 Å². The second-order valence-corrected chi connectivity index (χ2v) is 5.75. The van der Waals surface area contributed by atoms with Crippen molar-refractivity contribution >= 4 is 11.9 Å². The maximum atomic E-state index is 12.3. The third kappa shape index (κ3) is 4.35. The number of likely N-dealkylation sites (N-methyl/N-ethyl adjacent to an activating group) is 1. The van der Waals surface area contributed by atoms with Crippen molar-refractivity contribution in [1.29, 1.82) is 0 Å². The van der Waals surface area contributed by atoms with Crippen LogP contribution in [-0.4, -0.2) is 35.0 Å². The van der Waals surface area contributed by atoms with Crippen molar-refractivity contribution in [3.8, 4) is 5.75 Å². The maximum absolute atomic E-state index is 12.3. The van der Waals surface area contributed by atoms with Gasteiger partial charge in [0.2, 0.25) is 0 Å². The number of carbonyl (C=O) groups is 2. The molecule has 126 valence electrons. The third-order valence-corrected chi connectivity index (χ3v) is 3.64. The highest BCUT2D eigenvalue weighted by atomic mass is 16.5. The Morgan fingerprint density at radius 3 is 2.46 bits per heavy atom. The molecule has 5 heteroatoms. The van der Waals surface area contributed by atoms with Crippen molar-refractivity contribution in [2.24, 2.45) is 0 Å². The summed E-state index contributed by atoms with van der Waals surface area (Å²) in [5.41, 5.74) is 1.87. The highest BCUT2D eigenvalue weighted by Crippen LogP contribution is 2.20. The molecule has 0 aliphatic carbocycles. The summed E-state index contributed by atoms with van der Waals surface area (Å²) in [6.07, 6.45) is -0.938. The van der Waals surface area contributed by atoms with Gasteiger partial charge in [-0.2, -0.15) is 0 Å². The molecular formula is C19H21NO4. The van der Waals surface area contributed by atoms with Gasteiger partial charge in [0.1, 0.15) is 11.3 Å². The number of hydrogen-bond donors (Lipinski definition) is 1. The Kier molecular flexibility index (Phi) is 5.58. The molecule has 0 aliphatic rings. The Hall–Kier alpha value is -2.82. The predicted molar refractivity (Wildman–Crippen MR) is 90.6 cm³/mol. The van der Waals surface area contributed by atoms with Gasteiger partial charge in [-0.3, -0.25) is 4.79 Å². The van der Waals surface area contributed by atoms with Gasteiger partial charge in [0.15, 0.2) is 6.10 Å². The summed E-state index contributed by atoms with van der Waals surface area (Å²) in [4.78, 5) is 26.0. The van der Waals surface area contributed by atoms with Gasteiger partial charge in [-0.1, -0.05) is 36.4 Å².